The Morgan fingerprint density at radius 2 is 2.06 bits per heavy atom. The van der Waals surface area contributed by atoms with Gasteiger partial charge in [0.2, 0.25) is 11.8 Å². The lowest BCUT2D eigenvalue weighted by Gasteiger charge is -2.31. The second-order valence-corrected chi connectivity index (χ2v) is 11.2. The van der Waals surface area contributed by atoms with Gasteiger partial charge in [-0.1, -0.05) is 36.6 Å². The van der Waals surface area contributed by atoms with E-state index in [1.54, 1.807) is 11.0 Å². The van der Waals surface area contributed by atoms with Crippen molar-refractivity contribution in [3.63, 3.8) is 0 Å². The molecule has 0 spiro atoms. The highest BCUT2D eigenvalue weighted by Crippen LogP contribution is 2.51. The lowest BCUT2D eigenvalue weighted by Crippen LogP contribution is -2.52. The van der Waals surface area contributed by atoms with Gasteiger partial charge in [0.15, 0.2) is 0 Å². The Bertz CT molecular complexity index is 1070. The number of ether oxygens (including phenoxy) is 1. The molecule has 192 valence electrons. The number of amides is 3. The molecule has 4 aliphatic rings. The molecule has 0 radical (unpaired) electrons. The molecule has 4 fully saturated rings. The summed E-state index contributed by atoms with van der Waals surface area (Å²) in [7, 11) is 0. The van der Waals surface area contributed by atoms with Crippen LogP contribution < -0.4 is 10.6 Å². The van der Waals surface area contributed by atoms with Crippen molar-refractivity contribution in [2.24, 2.45) is 17.8 Å². The third kappa shape index (κ3) is 5.04. The van der Waals surface area contributed by atoms with E-state index in [-0.39, 0.29) is 36.0 Å². The Morgan fingerprint density at radius 3 is 2.78 bits per heavy atom. The SMILES string of the molecule is N#C[C@H](C[C@@H]1CCCNC1=O)NC(=O)[C@@H]1[C@H]2CCCC[C@H]2CN1C(=O)OC1(c2cccc(Cl)c2)CC1. The average molecular weight is 513 g/mol. The molecule has 1 aromatic carbocycles. The standard InChI is InChI=1S/C27H33ClN4O4/c28-20-8-3-7-19(14-20)27(10-11-27)36-26(35)32-16-18-5-1-2-9-22(18)23(32)25(34)31-21(15-29)13-17-6-4-12-30-24(17)33/h3,7-8,14,17-18,21-23H,1-2,4-6,9-13,16H2,(H,30,33)(H,31,34)/t17-,18-,21-,22-,23-/m0/s1. The molecule has 5 atom stereocenters. The van der Waals surface area contributed by atoms with Gasteiger partial charge in [0.05, 0.1) is 6.07 Å². The number of nitrogens with zero attached hydrogens (tertiary/aromatic N) is 2. The minimum atomic E-state index is -0.784. The van der Waals surface area contributed by atoms with Crippen LogP contribution in [0.5, 0.6) is 0 Å². The van der Waals surface area contributed by atoms with Gasteiger partial charge in [-0.2, -0.15) is 5.26 Å². The van der Waals surface area contributed by atoms with Crippen molar-refractivity contribution in [2.45, 2.75) is 75.5 Å². The summed E-state index contributed by atoms with van der Waals surface area (Å²) in [5.74, 6) is -0.386. The van der Waals surface area contributed by atoms with Crippen molar-refractivity contribution in [1.82, 2.24) is 15.5 Å². The summed E-state index contributed by atoms with van der Waals surface area (Å²) in [6, 6.07) is 8.08. The molecule has 2 saturated heterocycles. The molecule has 0 unspecified atom stereocenters. The molecule has 8 nitrogen and oxygen atoms in total. The first-order chi connectivity index (χ1) is 17.4. The van der Waals surface area contributed by atoms with Crippen molar-refractivity contribution in [2.75, 3.05) is 13.1 Å². The summed E-state index contributed by atoms with van der Waals surface area (Å²) in [5.41, 5.74) is 0.177. The Kier molecular flexibility index (Phi) is 7.11. The highest BCUT2D eigenvalue weighted by Gasteiger charge is 2.53. The number of likely N-dealkylation sites (tertiary alicyclic amines) is 1. The molecule has 2 aliphatic heterocycles. The molecule has 1 aromatic rings. The molecule has 2 aliphatic carbocycles. The number of piperidine rings is 1. The van der Waals surface area contributed by atoms with E-state index in [0.29, 0.717) is 24.5 Å². The van der Waals surface area contributed by atoms with Crippen LogP contribution >= 0.6 is 11.6 Å². The van der Waals surface area contributed by atoms with Crippen molar-refractivity contribution in [3.8, 4) is 6.07 Å². The number of carbonyl (C=O) groups is 3. The van der Waals surface area contributed by atoms with Crippen LogP contribution in [0.2, 0.25) is 5.02 Å². The van der Waals surface area contributed by atoms with Crippen LogP contribution in [0.25, 0.3) is 0 Å². The summed E-state index contributed by atoms with van der Waals surface area (Å²) in [5, 5.41) is 16.0. The van der Waals surface area contributed by atoms with Gasteiger partial charge in [-0.25, -0.2) is 4.79 Å². The first-order valence-corrected chi connectivity index (χ1v) is 13.5. The van der Waals surface area contributed by atoms with Gasteiger partial charge in [-0.3, -0.25) is 14.5 Å². The minimum Gasteiger partial charge on any atom is -0.438 e. The third-order valence-electron chi connectivity index (χ3n) is 8.37. The zero-order valence-corrected chi connectivity index (χ0v) is 21.1. The van der Waals surface area contributed by atoms with Gasteiger partial charge in [0.25, 0.3) is 0 Å². The molecule has 3 amide bonds. The Balaban J connectivity index is 1.31. The Morgan fingerprint density at radius 1 is 1.25 bits per heavy atom. The minimum absolute atomic E-state index is 0.0462. The number of nitriles is 1. The quantitative estimate of drug-likeness (QED) is 0.600. The normalized spacial score (nSPS) is 29.3. The molecule has 2 heterocycles. The smallest absolute Gasteiger partial charge is 0.411 e. The molecule has 36 heavy (non-hydrogen) atoms. The number of nitrogens with one attached hydrogen (secondary N) is 2. The van der Waals surface area contributed by atoms with Crippen molar-refractivity contribution in [3.05, 3.63) is 34.9 Å². The van der Waals surface area contributed by atoms with Gasteiger partial charge in [-0.05, 0) is 74.5 Å². The maximum atomic E-state index is 13.6. The topological polar surface area (TPSA) is 112 Å². The average Bonchev–Trinajstić information content (AvgIpc) is 3.55. The fourth-order valence-electron chi connectivity index (χ4n) is 6.31. The van der Waals surface area contributed by atoms with E-state index in [0.717, 1.165) is 50.5 Å². The zero-order chi connectivity index (χ0) is 25.3. The maximum absolute atomic E-state index is 13.6. The van der Waals surface area contributed by atoms with Gasteiger partial charge in [0, 0.05) is 24.0 Å². The summed E-state index contributed by atoms with van der Waals surface area (Å²) in [6.07, 6.45) is 6.75. The molecule has 0 aromatic heterocycles. The number of hydrogen-bond acceptors (Lipinski definition) is 5. The van der Waals surface area contributed by atoms with Crippen LogP contribution in [0.15, 0.2) is 24.3 Å². The highest BCUT2D eigenvalue weighted by atomic mass is 35.5. The van der Waals surface area contributed by atoms with E-state index in [9.17, 15) is 19.6 Å². The summed E-state index contributed by atoms with van der Waals surface area (Å²) in [4.78, 5) is 40.8. The highest BCUT2D eigenvalue weighted by molar-refractivity contribution is 6.30. The van der Waals surface area contributed by atoms with Crippen molar-refractivity contribution < 1.29 is 19.1 Å². The summed E-state index contributed by atoms with van der Waals surface area (Å²) in [6.45, 7) is 1.13. The number of hydrogen-bond donors (Lipinski definition) is 2. The van der Waals surface area contributed by atoms with E-state index in [2.05, 4.69) is 16.7 Å². The predicted octanol–water partition coefficient (Wildman–Crippen LogP) is 3.88. The Labute approximate surface area is 216 Å². The first-order valence-electron chi connectivity index (χ1n) is 13.1. The van der Waals surface area contributed by atoms with Gasteiger partial charge < -0.3 is 15.4 Å². The fraction of sp³-hybridized carbons (Fsp3) is 0.630. The first kappa shape index (κ1) is 24.9. The van der Waals surface area contributed by atoms with Crippen LogP contribution in [0.1, 0.15) is 63.4 Å². The van der Waals surface area contributed by atoms with Crippen LogP contribution in [-0.4, -0.2) is 48.0 Å². The van der Waals surface area contributed by atoms with E-state index >= 15 is 0 Å². The molecule has 2 saturated carbocycles. The maximum Gasteiger partial charge on any atom is 0.411 e. The van der Waals surface area contributed by atoms with Gasteiger partial charge in [-0.15, -0.1) is 0 Å². The van der Waals surface area contributed by atoms with Crippen LogP contribution in [0.3, 0.4) is 0 Å². The summed E-state index contributed by atoms with van der Waals surface area (Å²) >= 11 is 6.18. The molecule has 9 heteroatoms. The lowest BCUT2D eigenvalue weighted by atomic mass is 9.78. The zero-order valence-electron chi connectivity index (χ0n) is 20.4. The van der Waals surface area contributed by atoms with Crippen LogP contribution in [-0.2, 0) is 19.9 Å². The van der Waals surface area contributed by atoms with E-state index in [1.807, 2.05) is 18.2 Å². The second-order valence-electron chi connectivity index (χ2n) is 10.7. The molecule has 5 rings (SSSR count). The summed E-state index contributed by atoms with van der Waals surface area (Å²) < 4.78 is 6.06. The van der Waals surface area contributed by atoms with Crippen LogP contribution in [0, 0.1) is 29.1 Å². The monoisotopic (exact) mass is 512 g/mol. The van der Waals surface area contributed by atoms with E-state index in [4.69, 9.17) is 16.3 Å². The van der Waals surface area contributed by atoms with Gasteiger partial charge in [0.1, 0.15) is 17.7 Å². The molecule has 0 bridgehead atoms. The lowest BCUT2D eigenvalue weighted by molar-refractivity contribution is -0.129. The Hall–Kier alpha value is -2.79. The number of rotatable bonds is 6. The molecular formula is C27H33ClN4O4. The second kappa shape index (κ2) is 10.3. The number of fused-ring (bicyclic) bond motifs is 1. The van der Waals surface area contributed by atoms with Crippen molar-refractivity contribution >= 4 is 29.5 Å². The predicted molar refractivity (Wildman–Crippen MR) is 133 cm³/mol. The number of carbonyl (C=O) groups excluding carboxylic acids is 3. The third-order valence-corrected chi connectivity index (χ3v) is 8.61. The molecular weight excluding hydrogens is 480 g/mol. The van der Waals surface area contributed by atoms with Crippen LogP contribution in [0.4, 0.5) is 4.79 Å². The number of halogens is 1. The van der Waals surface area contributed by atoms with E-state index in [1.165, 1.54) is 0 Å². The molecule has 2 N–H and O–H groups in total. The van der Waals surface area contributed by atoms with Crippen molar-refractivity contribution in [1.29, 1.82) is 5.26 Å². The largest absolute Gasteiger partial charge is 0.438 e. The number of benzene rings is 1. The van der Waals surface area contributed by atoms with E-state index < -0.39 is 23.8 Å². The van der Waals surface area contributed by atoms with Gasteiger partial charge >= 0.3 is 6.09 Å². The fourth-order valence-corrected chi connectivity index (χ4v) is 6.50.